The van der Waals surface area contributed by atoms with E-state index in [0.717, 1.165) is 18.8 Å². The van der Waals surface area contributed by atoms with E-state index in [1.807, 2.05) is 0 Å². The Kier molecular flexibility index (Phi) is 6.34. The molecule has 0 saturated carbocycles. The first-order valence-corrected chi connectivity index (χ1v) is 7.14. The molecule has 19 heavy (non-hydrogen) atoms. The predicted octanol–water partition coefficient (Wildman–Crippen LogP) is 0.511. The third-order valence-electron chi connectivity index (χ3n) is 2.32. The zero-order valence-corrected chi connectivity index (χ0v) is 11.8. The summed E-state index contributed by atoms with van der Waals surface area (Å²) in [5, 5.41) is 15.4. The molecule has 0 spiro atoms. The molecular formula is C11H18N4O3S. The first-order valence-electron chi connectivity index (χ1n) is 5.99. The van der Waals surface area contributed by atoms with Crippen molar-refractivity contribution in [2.75, 3.05) is 5.75 Å². The minimum absolute atomic E-state index is 0.300. The lowest BCUT2D eigenvalue weighted by molar-refractivity contribution is -0.140. The number of rotatable bonds is 8. The number of carbonyl (C=O) groups excluding carboxylic acids is 1. The molecule has 1 aromatic rings. The van der Waals surface area contributed by atoms with Crippen molar-refractivity contribution in [3.8, 4) is 0 Å². The van der Waals surface area contributed by atoms with E-state index in [1.54, 1.807) is 4.68 Å². The van der Waals surface area contributed by atoms with Gasteiger partial charge in [-0.15, -0.1) is 0 Å². The second-order valence-electron chi connectivity index (χ2n) is 4.01. The minimum atomic E-state index is -1.03. The van der Waals surface area contributed by atoms with Crippen molar-refractivity contribution in [3.63, 3.8) is 0 Å². The van der Waals surface area contributed by atoms with Crippen molar-refractivity contribution in [2.45, 2.75) is 38.6 Å². The van der Waals surface area contributed by atoms with Gasteiger partial charge in [0.05, 0.1) is 5.75 Å². The summed E-state index contributed by atoms with van der Waals surface area (Å²) in [6, 6.07) is -0.870. The number of carboxylic acids is 1. The van der Waals surface area contributed by atoms with Crippen molar-refractivity contribution in [1.29, 1.82) is 0 Å². The highest BCUT2D eigenvalue weighted by atomic mass is 32.2. The molecule has 0 saturated heterocycles. The second-order valence-corrected chi connectivity index (χ2v) is 5.04. The summed E-state index contributed by atoms with van der Waals surface area (Å²) >= 11 is 1.41. The molecule has 0 bridgehead atoms. The van der Waals surface area contributed by atoms with E-state index in [1.165, 1.54) is 25.0 Å². The number of carbonyl (C=O) groups is 2. The van der Waals surface area contributed by atoms with Crippen LogP contribution in [0.25, 0.3) is 0 Å². The highest BCUT2D eigenvalue weighted by Crippen LogP contribution is 2.11. The van der Waals surface area contributed by atoms with Gasteiger partial charge in [-0.05, 0) is 6.42 Å². The van der Waals surface area contributed by atoms with E-state index in [4.69, 9.17) is 5.11 Å². The van der Waals surface area contributed by atoms with Crippen molar-refractivity contribution in [3.05, 3.63) is 12.2 Å². The van der Waals surface area contributed by atoms with E-state index in [-0.39, 0.29) is 5.91 Å². The van der Waals surface area contributed by atoms with E-state index in [0.29, 0.717) is 11.5 Å². The molecule has 0 fully saturated rings. The molecule has 1 heterocycles. The SMILES string of the molecule is CCCn1ncnc1CSCC(NC(C)=O)C(=O)O. The summed E-state index contributed by atoms with van der Waals surface area (Å²) in [4.78, 5) is 25.9. The van der Waals surface area contributed by atoms with Crippen LogP contribution in [-0.4, -0.2) is 43.5 Å². The highest BCUT2D eigenvalue weighted by Gasteiger charge is 2.18. The van der Waals surface area contributed by atoms with Crippen molar-refractivity contribution in [2.24, 2.45) is 0 Å². The summed E-state index contributed by atoms with van der Waals surface area (Å²) in [6.45, 7) is 4.15. The molecule has 8 heteroatoms. The lowest BCUT2D eigenvalue weighted by Gasteiger charge is -2.12. The molecule has 0 aliphatic carbocycles. The number of aliphatic carboxylic acids is 1. The van der Waals surface area contributed by atoms with E-state index in [2.05, 4.69) is 22.3 Å². The monoisotopic (exact) mass is 286 g/mol. The zero-order valence-electron chi connectivity index (χ0n) is 11.0. The maximum Gasteiger partial charge on any atom is 0.327 e. The molecule has 0 aliphatic heterocycles. The van der Waals surface area contributed by atoms with E-state index in [9.17, 15) is 9.59 Å². The van der Waals surface area contributed by atoms with Gasteiger partial charge in [0, 0.05) is 19.2 Å². The van der Waals surface area contributed by atoms with Gasteiger partial charge in [-0.3, -0.25) is 4.79 Å². The van der Waals surface area contributed by atoms with E-state index >= 15 is 0 Å². The highest BCUT2D eigenvalue weighted by molar-refractivity contribution is 7.98. The number of amides is 1. The molecule has 1 amide bonds. The number of carboxylic acid groups (broad SMARTS) is 1. The predicted molar refractivity (Wildman–Crippen MR) is 71.7 cm³/mol. The van der Waals surface area contributed by atoms with Gasteiger partial charge in [-0.1, -0.05) is 6.92 Å². The standard InChI is InChI=1S/C11H18N4O3S/c1-3-4-15-10(12-7-13-15)6-19-5-9(11(17)18)14-8(2)16/h7,9H,3-6H2,1-2H3,(H,14,16)(H,17,18). The maximum absolute atomic E-state index is 10.9. The fourth-order valence-electron chi connectivity index (χ4n) is 1.49. The Morgan fingerprint density at radius 2 is 2.32 bits per heavy atom. The van der Waals surface area contributed by atoms with Crippen LogP contribution >= 0.6 is 11.8 Å². The van der Waals surface area contributed by atoms with Gasteiger partial charge in [0.25, 0.3) is 0 Å². The van der Waals surface area contributed by atoms with Gasteiger partial charge < -0.3 is 10.4 Å². The van der Waals surface area contributed by atoms with Crippen LogP contribution in [0, 0.1) is 0 Å². The number of nitrogens with one attached hydrogen (secondary N) is 1. The molecule has 1 aromatic heterocycles. The van der Waals surface area contributed by atoms with Gasteiger partial charge in [-0.2, -0.15) is 16.9 Å². The average Bonchev–Trinajstić information content (AvgIpc) is 2.75. The Labute approximate surface area is 115 Å². The Balaban J connectivity index is 2.45. The first kappa shape index (κ1) is 15.5. The summed E-state index contributed by atoms with van der Waals surface area (Å²) < 4.78 is 1.81. The van der Waals surface area contributed by atoms with Crippen LogP contribution in [0.4, 0.5) is 0 Å². The van der Waals surface area contributed by atoms with Crippen LogP contribution in [0.5, 0.6) is 0 Å². The van der Waals surface area contributed by atoms with Crippen LogP contribution in [-0.2, 0) is 21.9 Å². The lowest BCUT2D eigenvalue weighted by Crippen LogP contribution is -2.41. The largest absolute Gasteiger partial charge is 0.480 e. The fraction of sp³-hybridized carbons (Fsp3) is 0.636. The smallest absolute Gasteiger partial charge is 0.327 e. The molecule has 1 unspecified atom stereocenters. The van der Waals surface area contributed by atoms with Gasteiger partial charge in [0.2, 0.25) is 5.91 Å². The molecule has 2 N–H and O–H groups in total. The van der Waals surface area contributed by atoms with Crippen molar-refractivity contribution < 1.29 is 14.7 Å². The normalized spacial score (nSPS) is 12.1. The quantitative estimate of drug-likeness (QED) is 0.722. The molecule has 106 valence electrons. The summed E-state index contributed by atoms with van der Waals surface area (Å²) in [5.41, 5.74) is 0. The Bertz CT molecular complexity index is 435. The second kappa shape index (κ2) is 7.78. The Morgan fingerprint density at radius 3 is 2.89 bits per heavy atom. The summed E-state index contributed by atoms with van der Waals surface area (Å²) in [6.07, 6.45) is 2.46. The number of aryl methyl sites for hydroxylation is 1. The van der Waals surface area contributed by atoms with Crippen LogP contribution in [0.1, 0.15) is 26.1 Å². The molecule has 0 aromatic carbocycles. The molecule has 1 atom stereocenters. The van der Waals surface area contributed by atoms with Gasteiger partial charge in [-0.25, -0.2) is 14.5 Å². The van der Waals surface area contributed by atoms with Gasteiger partial charge >= 0.3 is 5.97 Å². The van der Waals surface area contributed by atoms with Gasteiger partial charge in [0.1, 0.15) is 18.2 Å². The minimum Gasteiger partial charge on any atom is -0.480 e. The Morgan fingerprint density at radius 1 is 1.58 bits per heavy atom. The summed E-state index contributed by atoms with van der Waals surface area (Å²) in [7, 11) is 0. The molecule has 1 rings (SSSR count). The Hall–Kier alpha value is -1.57. The van der Waals surface area contributed by atoms with Crippen LogP contribution in [0.15, 0.2) is 6.33 Å². The third-order valence-corrected chi connectivity index (χ3v) is 3.35. The number of thioether (sulfide) groups is 1. The number of hydrogen-bond donors (Lipinski definition) is 2. The number of aromatic nitrogens is 3. The van der Waals surface area contributed by atoms with Crippen LogP contribution in [0.3, 0.4) is 0 Å². The van der Waals surface area contributed by atoms with Crippen molar-refractivity contribution >= 4 is 23.6 Å². The lowest BCUT2D eigenvalue weighted by atomic mass is 10.3. The molecular weight excluding hydrogens is 268 g/mol. The zero-order chi connectivity index (χ0) is 14.3. The third kappa shape index (κ3) is 5.29. The number of hydrogen-bond acceptors (Lipinski definition) is 5. The first-order chi connectivity index (χ1) is 9.04. The maximum atomic E-state index is 10.9. The van der Waals surface area contributed by atoms with Gasteiger partial charge in [0.15, 0.2) is 0 Å². The molecule has 0 radical (unpaired) electrons. The fourth-order valence-corrected chi connectivity index (χ4v) is 2.47. The van der Waals surface area contributed by atoms with Crippen LogP contribution in [0.2, 0.25) is 0 Å². The summed E-state index contributed by atoms with van der Waals surface area (Å²) in [5.74, 6) is 0.316. The topological polar surface area (TPSA) is 97.1 Å². The van der Waals surface area contributed by atoms with Crippen LogP contribution < -0.4 is 5.32 Å². The molecule has 0 aliphatic rings. The number of nitrogens with zero attached hydrogens (tertiary/aromatic N) is 3. The average molecular weight is 286 g/mol. The van der Waals surface area contributed by atoms with E-state index < -0.39 is 12.0 Å². The molecule has 7 nitrogen and oxygen atoms in total. The van der Waals surface area contributed by atoms with Crippen molar-refractivity contribution in [1.82, 2.24) is 20.1 Å².